The van der Waals surface area contributed by atoms with E-state index < -0.39 is 0 Å². The minimum Gasteiger partial charge on any atom is -0.267 e. The molecule has 1 amide bonds. The lowest BCUT2D eigenvalue weighted by atomic mass is 10.0. The Bertz CT molecular complexity index is 708. The van der Waals surface area contributed by atoms with E-state index in [0.717, 1.165) is 11.3 Å². The number of aryl methyl sites for hydroxylation is 2. The van der Waals surface area contributed by atoms with Crippen LogP contribution in [0.2, 0.25) is 5.02 Å². The second kappa shape index (κ2) is 6.55. The molecule has 0 saturated heterocycles. The highest BCUT2D eigenvalue weighted by molar-refractivity contribution is 6.33. The molecule has 0 aliphatic rings. The topological polar surface area (TPSA) is 41.5 Å². The van der Waals surface area contributed by atoms with Crippen LogP contribution < -0.4 is 5.43 Å². The molecule has 2 aromatic rings. The van der Waals surface area contributed by atoms with E-state index in [1.165, 1.54) is 11.1 Å². The number of benzene rings is 2. The van der Waals surface area contributed by atoms with E-state index in [-0.39, 0.29) is 5.91 Å². The van der Waals surface area contributed by atoms with Gasteiger partial charge in [0.25, 0.3) is 5.91 Å². The zero-order chi connectivity index (χ0) is 15.4. The van der Waals surface area contributed by atoms with Gasteiger partial charge < -0.3 is 0 Å². The average Bonchev–Trinajstić information content (AvgIpc) is 2.47. The predicted octanol–water partition coefficient (Wildman–Crippen LogP) is 4.11. The molecule has 0 spiro atoms. The van der Waals surface area contributed by atoms with Gasteiger partial charge in [-0.25, -0.2) is 5.43 Å². The van der Waals surface area contributed by atoms with Crippen LogP contribution in [0.15, 0.2) is 47.6 Å². The molecule has 0 radical (unpaired) electrons. The molecule has 0 fully saturated rings. The molecule has 2 aromatic carbocycles. The molecule has 0 saturated carbocycles. The number of hydrazone groups is 1. The highest BCUT2D eigenvalue weighted by Gasteiger charge is 2.08. The Hall–Kier alpha value is -2.13. The average molecular weight is 301 g/mol. The molecule has 0 aliphatic carbocycles. The van der Waals surface area contributed by atoms with Crippen LogP contribution in [0.5, 0.6) is 0 Å². The van der Waals surface area contributed by atoms with Gasteiger partial charge in [0.1, 0.15) is 0 Å². The van der Waals surface area contributed by atoms with Crippen molar-refractivity contribution in [3.05, 3.63) is 69.7 Å². The SMILES string of the molecule is C/C(=N/NC(=O)c1ccccc1Cl)c1ccc(C)c(C)c1. The predicted molar refractivity (Wildman–Crippen MR) is 87.0 cm³/mol. The molecule has 0 atom stereocenters. The van der Waals surface area contributed by atoms with E-state index >= 15 is 0 Å². The number of hydrogen-bond acceptors (Lipinski definition) is 2. The third-order valence-corrected chi connectivity index (χ3v) is 3.70. The van der Waals surface area contributed by atoms with E-state index in [4.69, 9.17) is 11.6 Å². The number of nitrogens with one attached hydrogen (secondary N) is 1. The number of carbonyl (C=O) groups is 1. The van der Waals surface area contributed by atoms with Crippen molar-refractivity contribution >= 4 is 23.2 Å². The number of nitrogens with zero attached hydrogens (tertiary/aromatic N) is 1. The lowest BCUT2D eigenvalue weighted by Gasteiger charge is -2.06. The number of halogens is 1. The number of rotatable bonds is 3. The molecule has 21 heavy (non-hydrogen) atoms. The van der Waals surface area contributed by atoms with Crippen molar-refractivity contribution in [2.24, 2.45) is 5.10 Å². The van der Waals surface area contributed by atoms with Gasteiger partial charge in [0.2, 0.25) is 0 Å². The van der Waals surface area contributed by atoms with Crippen LogP contribution in [0, 0.1) is 13.8 Å². The fourth-order valence-corrected chi connectivity index (χ4v) is 2.09. The molecule has 0 bridgehead atoms. The third-order valence-electron chi connectivity index (χ3n) is 3.37. The minimum atomic E-state index is -0.316. The van der Waals surface area contributed by atoms with Crippen molar-refractivity contribution in [2.45, 2.75) is 20.8 Å². The molecular formula is C17H17ClN2O. The summed E-state index contributed by atoms with van der Waals surface area (Å²) < 4.78 is 0. The quantitative estimate of drug-likeness (QED) is 0.672. The largest absolute Gasteiger partial charge is 0.272 e. The standard InChI is InChI=1S/C17H17ClN2O/c1-11-8-9-14(10-12(11)2)13(3)19-20-17(21)15-6-4-5-7-16(15)18/h4-10H,1-3H3,(H,20,21)/b19-13-. The maximum Gasteiger partial charge on any atom is 0.272 e. The van der Waals surface area contributed by atoms with Gasteiger partial charge in [-0.05, 0) is 55.7 Å². The van der Waals surface area contributed by atoms with Crippen LogP contribution in [0.3, 0.4) is 0 Å². The first-order valence-electron chi connectivity index (χ1n) is 6.66. The van der Waals surface area contributed by atoms with E-state index in [9.17, 15) is 4.79 Å². The number of amides is 1. The molecule has 4 heteroatoms. The summed E-state index contributed by atoms with van der Waals surface area (Å²) in [6.45, 7) is 5.97. The Morgan fingerprint density at radius 3 is 2.48 bits per heavy atom. The summed E-state index contributed by atoms with van der Waals surface area (Å²) in [7, 11) is 0. The van der Waals surface area contributed by atoms with Crippen molar-refractivity contribution in [3.63, 3.8) is 0 Å². The number of carbonyl (C=O) groups excluding carboxylic acids is 1. The van der Waals surface area contributed by atoms with Gasteiger partial charge in [0, 0.05) is 0 Å². The van der Waals surface area contributed by atoms with E-state index in [1.807, 2.05) is 19.1 Å². The summed E-state index contributed by atoms with van der Waals surface area (Å²) in [4.78, 5) is 12.0. The fourth-order valence-electron chi connectivity index (χ4n) is 1.87. The molecule has 108 valence electrons. The molecule has 0 heterocycles. The summed E-state index contributed by atoms with van der Waals surface area (Å²) in [5.74, 6) is -0.316. The van der Waals surface area contributed by atoms with Crippen molar-refractivity contribution < 1.29 is 4.79 Å². The minimum absolute atomic E-state index is 0.316. The first-order chi connectivity index (χ1) is 9.99. The maximum atomic E-state index is 12.0. The normalized spacial score (nSPS) is 11.3. The van der Waals surface area contributed by atoms with Crippen LogP contribution in [-0.2, 0) is 0 Å². The Morgan fingerprint density at radius 2 is 1.81 bits per heavy atom. The number of hydrogen-bond donors (Lipinski definition) is 1. The van der Waals surface area contributed by atoms with E-state index in [1.54, 1.807) is 24.3 Å². The molecule has 0 aromatic heterocycles. The summed E-state index contributed by atoms with van der Waals surface area (Å²) in [6, 6.07) is 13.0. The van der Waals surface area contributed by atoms with Gasteiger partial charge in [0.05, 0.1) is 16.3 Å². The Morgan fingerprint density at radius 1 is 1.10 bits per heavy atom. The fraction of sp³-hybridized carbons (Fsp3) is 0.176. The smallest absolute Gasteiger partial charge is 0.267 e. The molecule has 2 rings (SSSR count). The maximum absolute atomic E-state index is 12.0. The van der Waals surface area contributed by atoms with E-state index in [0.29, 0.717) is 10.6 Å². The lowest BCUT2D eigenvalue weighted by Crippen LogP contribution is -2.19. The first kappa shape index (κ1) is 15.3. The van der Waals surface area contributed by atoms with Crippen LogP contribution in [0.4, 0.5) is 0 Å². The van der Waals surface area contributed by atoms with Crippen LogP contribution in [-0.4, -0.2) is 11.6 Å². The van der Waals surface area contributed by atoms with Crippen molar-refractivity contribution in [2.75, 3.05) is 0 Å². The summed E-state index contributed by atoms with van der Waals surface area (Å²) in [5, 5.41) is 4.55. The van der Waals surface area contributed by atoms with Crippen molar-refractivity contribution in [3.8, 4) is 0 Å². The van der Waals surface area contributed by atoms with Gasteiger partial charge in [0.15, 0.2) is 0 Å². The van der Waals surface area contributed by atoms with Crippen LogP contribution in [0.25, 0.3) is 0 Å². The highest BCUT2D eigenvalue weighted by atomic mass is 35.5. The van der Waals surface area contributed by atoms with E-state index in [2.05, 4.69) is 30.4 Å². The Balaban J connectivity index is 2.15. The zero-order valence-corrected chi connectivity index (χ0v) is 13.0. The summed E-state index contributed by atoms with van der Waals surface area (Å²) in [6.07, 6.45) is 0. The molecule has 0 aliphatic heterocycles. The molecule has 1 N–H and O–H groups in total. The molecular weight excluding hydrogens is 284 g/mol. The second-order valence-corrected chi connectivity index (χ2v) is 5.32. The summed E-state index contributed by atoms with van der Waals surface area (Å²) in [5.41, 5.74) is 7.10. The van der Waals surface area contributed by atoms with Crippen molar-refractivity contribution in [1.82, 2.24) is 5.43 Å². The second-order valence-electron chi connectivity index (χ2n) is 4.92. The van der Waals surface area contributed by atoms with Gasteiger partial charge in [-0.1, -0.05) is 35.9 Å². The Labute approximate surface area is 129 Å². The third kappa shape index (κ3) is 3.70. The van der Waals surface area contributed by atoms with Gasteiger partial charge in [-0.3, -0.25) is 4.79 Å². The van der Waals surface area contributed by atoms with Crippen LogP contribution in [0.1, 0.15) is 34.0 Å². The lowest BCUT2D eigenvalue weighted by molar-refractivity contribution is 0.0955. The summed E-state index contributed by atoms with van der Waals surface area (Å²) >= 11 is 5.98. The molecule has 3 nitrogen and oxygen atoms in total. The molecule has 0 unspecified atom stereocenters. The first-order valence-corrected chi connectivity index (χ1v) is 7.03. The van der Waals surface area contributed by atoms with Gasteiger partial charge in [-0.2, -0.15) is 5.10 Å². The Kier molecular flexibility index (Phi) is 4.76. The highest BCUT2D eigenvalue weighted by Crippen LogP contribution is 2.14. The van der Waals surface area contributed by atoms with Gasteiger partial charge >= 0.3 is 0 Å². The van der Waals surface area contributed by atoms with Crippen LogP contribution >= 0.6 is 11.6 Å². The van der Waals surface area contributed by atoms with Gasteiger partial charge in [-0.15, -0.1) is 0 Å². The van der Waals surface area contributed by atoms with Crippen molar-refractivity contribution in [1.29, 1.82) is 0 Å². The zero-order valence-electron chi connectivity index (χ0n) is 12.3. The monoisotopic (exact) mass is 300 g/mol.